The monoisotopic (exact) mass is 490 g/mol. The molecule has 1 heterocycles. The van der Waals surface area contributed by atoms with Gasteiger partial charge in [0, 0.05) is 5.69 Å². The number of halogens is 1. The number of hydrogen-bond donors (Lipinski definition) is 2. The SMILES string of the molecule is COc1cc(C)c(S(=O)(=O)Nc2ccc(NC(=O)C(C)n3nc(C)cc3C)c(Cl)c2)cc1C. The van der Waals surface area contributed by atoms with Crippen LogP contribution in [0.3, 0.4) is 0 Å². The largest absolute Gasteiger partial charge is 0.496 e. The molecule has 1 unspecified atom stereocenters. The van der Waals surface area contributed by atoms with Crippen molar-refractivity contribution >= 4 is 38.9 Å². The lowest BCUT2D eigenvalue weighted by atomic mass is 10.1. The fourth-order valence-corrected chi connectivity index (χ4v) is 5.14. The van der Waals surface area contributed by atoms with Gasteiger partial charge in [-0.1, -0.05) is 11.6 Å². The molecule has 2 N–H and O–H groups in total. The van der Waals surface area contributed by atoms with Crippen LogP contribution < -0.4 is 14.8 Å². The first kappa shape index (κ1) is 24.6. The molecule has 1 aromatic heterocycles. The van der Waals surface area contributed by atoms with Gasteiger partial charge in [0.25, 0.3) is 10.0 Å². The Bertz CT molecular complexity index is 1320. The van der Waals surface area contributed by atoms with Crippen LogP contribution in [0.1, 0.15) is 35.5 Å². The number of carbonyl (C=O) groups excluding carboxylic acids is 1. The van der Waals surface area contributed by atoms with Crippen molar-refractivity contribution in [3.63, 3.8) is 0 Å². The second-order valence-electron chi connectivity index (χ2n) is 7.92. The van der Waals surface area contributed by atoms with Gasteiger partial charge in [-0.15, -0.1) is 0 Å². The number of anilines is 2. The highest BCUT2D eigenvalue weighted by atomic mass is 35.5. The van der Waals surface area contributed by atoms with E-state index in [1.807, 2.05) is 19.9 Å². The number of hydrogen-bond acceptors (Lipinski definition) is 5. The van der Waals surface area contributed by atoms with E-state index < -0.39 is 16.1 Å². The van der Waals surface area contributed by atoms with Crippen molar-refractivity contribution in [3.8, 4) is 5.75 Å². The van der Waals surface area contributed by atoms with E-state index >= 15 is 0 Å². The molecule has 0 saturated carbocycles. The summed E-state index contributed by atoms with van der Waals surface area (Å²) in [7, 11) is -2.32. The molecule has 0 fully saturated rings. The first-order valence-electron chi connectivity index (χ1n) is 10.2. The van der Waals surface area contributed by atoms with Crippen LogP contribution in [0, 0.1) is 27.7 Å². The summed E-state index contributed by atoms with van der Waals surface area (Å²) in [5.41, 5.74) is 3.60. The van der Waals surface area contributed by atoms with Crippen LogP contribution in [-0.4, -0.2) is 31.2 Å². The molecule has 0 spiro atoms. The maximum absolute atomic E-state index is 13.0. The number of aryl methyl sites for hydroxylation is 4. The molecular weight excluding hydrogens is 464 g/mol. The van der Waals surface area contributed by atoms with Gasteiger partial charge in [-0.3, -0.25) is 14.2 Å². The van der Waals surface area contributed by atoms with Gasteiger partial charge in [-0.05, 0) is 82.1 Å². The van der Waals surface area contributed by atoms with Crippen LogP contribution in [0.15, 0.2) is 41.3 Å². The zero-order chi connectivity index (χ0) is 24.5. The minimum absolute atomic E-state index is 0.146. The van der Waals surface area contributed by atoms with Gasteiger partial charge < -0.3 is 10.1 Å². The normalized spacial score (nSPS) is 12.3. The fourth-order valence-electron chi connectivity index (χ4n) is 3.55. The van der Waals surface area contributed by atoms with Gasteiger partial charge in [0.05, 0.1) is 34.1 Å². The Morgan fingerprint density at radius 2 is 1.79 bits per heavy atom. The van der Waals surface area contributed by atoms with Crippen molar-refractivity contribution in [1.29, 1.82) is 0 Å². The molecule has 0 aliphatic carbocycles. The molecule has 0 saturated heterocycles. The standard InChI is InChI=1S/C23H27ClN4O4S/c1-13-10-22(14(2)9-21(13)32-6)33(30,31)27-18-7-8-20(19(24)12-18)25-23(29)17(5)28-16(4)11-15(3)26-28/h7-12,17,27H,1-6H3,(H,25,29). The molecule has 3 aromatic rings. The number of nitrogens with zero attached hydrogens (tertiary/aromatic N) is 2. The molecule has 0 aliphatic rings. The summed E-state index contributed by atoms with van der Waals surface area (Å²) in [5, 5.41) is 7.31. The smallest absolute Gasteiger partial charge is 0.262 e. The van der Waals surface area contributed by atoms with E-state index in [2.05, 4.69) is 15.1 Å². The van der Waals surface area contributed by atoms with E-state index in [9.17, 15) is 13.2 Å². The summed E-state index contributed by atoms with van der Waals surface area (Å²) >= 11 is 6.34. The second kappa shape index (κ2) is 9.44. The predicted molar refractivity (Wildman–Crippen MR) is 130 cm³/mol. The number of rotatable bonds is 7. The highest BCUT2D eigenvalue weighted by molar-refractivity contribution is 7.92. The first-order valence-corrected chi connectivity index (χ1v) is 12.1. The van der Waals surface area contributed by atoms with Gasteiger partial charge in [-0.25, -0.2) is 8.42 Å². The Hall–Kier alpha value is -3.04. The summed E-state index contributed by atoms with van der Waals surface area (Å²) in [6.45, 7) is 8.96. The highest BCUT2D eigenvalue weighted by Gasteiger charge is 2.21. The molecule has 8 nitrogen and oxygen atoms in total. The Labute approximate surface area is 199 Å². The number of carbonyl (C=O) groups is 1. The molecule has 1 atom stereocenters. The predicted octanol–water partition coefficient (Wildman–Crippen LogP) is 4.78. The minimum Gasteiger partial charge on any atom is -0.496 e. The lowest BCUT2D eigenvalue weighted by Crippen LogP contribution is -2.25. The lowest BCUT2D eigenvalue weighted by Gasteiger charge is -2.16. The maximum atomic E-state index is 13.0. The van der Waals surface area contributed by atoms with Gasteiger partial charge in [0.2, 0.25) is 5.91 Å². The Morgan fingerprint density at radius 3 is 2.36 bits per heavy atom. The van der Waals surface area contributed by atoms with Gasteiger partial charge >= 0.3 is 0 Å². The van der Waals surface area contributed by atoms with E-state index in [0.29, 0.717) is 22.6 Å². The molecule has 10 heteroatoms. The van der Waals surface area contributed by atoms with E-state index in [1.165, 1.54) is 13.2 Å². The van der Waals surface area contributed by atoms with Crippen LogP contribution in [0.25, 0.3) is 0 Å². The molecule has 0 aliphatic heterocycles. The van der Waals surface area contributed by atoms with E-state index in [0.717, 1.165) is 11.4 Å². The van der Waals surface area contributed by atoms with Crippen molar-refractivity contribution < 1.29 is 17.9 Å². The van der Waals surface area contributed by atoms with Crippen LogP contribution in [0.2, 0.25) is 5.02 Å². The highest BCUT2D eigenvalue weighted by Crippen LogP contribution is 2.30. The zero-order valence-electron chi connectivity index (χ0n) is 19.4. The van der Waals surface area contributed by atoms with Crippen LogP contribution >= 0.6 is 11.6 Å². The Morgan fingerprint density at radius 1 is 1.09 bits per heavy atom. The van der Waals surface area contributed by atoms with E-state index in [-0.39, 0.29) is 21.5 Å². The van der Waals surface area contributed by atoms with Crippen molar-refractivity contribution in [2.45, 2.75) is 45.6 Å². The van der Waals surface area contributed by atoms with Crippen LogP contribution in [0.5, 0.6) is 5.75 Å². The number of benzene rings is 2. The third-order valence-corrected chi connectivity index (χ3v) is 7.09. The fraction of sp³-hybridized carbons (Fsp3) is 0.304. The number of aromatic nitrogens is 2. The van der Waals surface area contributed by atoms with Crippen LogP contribution in [-0.2, 0) is 14.8 Å². The number of nitrogens with one attached hydrogen (secondary N) is 2. The summed E-state index contributed by atoms with van der Waals surface area (Å²) in [6, 6.07) is 9.14. The van der Waals surface area contributed by atoms with Gasteiger partial charge in [-0.2, -0.15) is 5.10 Å². The van der Waals surface area contributed by atoms with Crippen molar-refractivity contribution in [1.82, 2.24) is 9.78 Å². The summed E-state index contributed by atoms with van der Waals surface area (Å²) in [5.74, 6) is 0.324. The third-order valence-electron chi connectivity index (χ3n) is 5.25. The first-order chi connectivity index (χ1) is 15.4. The lowest BCUT2D eigenvalue weighted by molar-refractivity contribution is -0.119. The summed E-state index contributed by atoms with van der Waals surface area (Å²) < 4.78 is 35.3. The summed E-state index contributed by atoms with van der Waals surface area (Å²) in [4.78, 5) is 12.8. The number of amides is 1. The van der Waals surface area contributed by atoms with Crippen molar-refractivity contribution in [3.05, 3.63) is 63.9 Å². The van der Waals surface area contributed by atoms with Gasteiger partial charge in [0.1, 0.15) is 11.8 Å². The van der Waals surface area contributed by atoms with Gasteiger partial charge in [0.15, 0.2) is 0 Å². The van der Waals surface area contributed by atoms with Crippen molar-refractivity contribution in [2.75, 3.05) is 17.1 Å². The number of ether oxygens (including phenoxy) is 1. The molecule has 33 heavy (non-hydrogen) atoms. The molecule has 0 bridgehead atoms. The topological polar surface area (TPSA) is 102 Å². The molecule has 3 rings (SSSR count). The van der Waals surface area contributed by atoms with E-state index in [4.69, 9.17) is 16.3 Å². The molecule has 176 valence electrons. The quantitative estimate of drug-likeness (QED) is 0.496. The average molecular weight is 491 g/mol. The average Bonchev–Trinajstić information content (AvgIpc) is 3.08. The molecule has 0 radical (unpaired) electrons. The van der Waals surface area contributed by atoms with Crippen molar-refractivity contribution in [2.24, 2.45) is 0 Å². The molecule has 2 aromatic carbocycles. The number of methoxy groups -OCH3 is 1. The number of sulfonamides is 1. The van der Waals surface area contributed by atoms with E-state index in [1.54, 1.807) is 49.7 Å². The van der Waals surface area contributed by atoms with Crippen LogP contribution in [0.4, 0.5) is 11.4 Å². The zero-order valence-corrected chi connectivity index (χ0v) is 20.9. The Kier molecular flexibility index (Phi) is 7.04. The second-order valence-corrected chi connectivity index (χ2v) is 9.98. The summed E-state index contributed by atoms with van der Waals surface area (Å²) in [6.07, 6.45) is 0. The third kappa shape index (κ3) is 5.31. The molecule has 1 amide bonds. The maximum Gasteiger partial charge on any atom is 0.262 e. The molecular formula is C23H27ClN4O4S. The Balaban J connectivity index is 1.79. The minimum atomic E-state index is -3.86.